The van der Waals surface area contributed by atoms with Crippen molar-refractivity contribution in [2.75, 3.05) is 7.11 Å². The molecule has 2 rings (SSSR count). The Morgan fingerprint density at radius 3 is 2.48 bits per heavy atom. The topological polar surface area (TPSA) is 89.7 Å². The van der Waals surface area contributed by atoms with Crippen LogP contribution in [0.3, 0.4) is 0 Å². The number of carboxylic acid groups (broad SMARTS) is 1. The largest absolute Gasteiger partial charge is 0.496 e. The standard InChI is InChI=1S/C14H10FNO5/c1-21-11-7-3-5-9(15)13(11)12-8(14(17)18)4-2-6-10(12)16(19)20/h2-7H,1H3,(H,17,18). The van der Waals surface area contributed by atoms with E-state index < -0.39 is 22.4 Å². The summed E-state index contributed by atoms with van der Waals surface area (Å²) >= 11 is 0. The van der Waals surface area contributed by atoms with Gasteiger partial charge in [0.2, 0.25) is 0 Å². The molecule has 0 fully saturated rings. The first kappa shape index (κ1) is 14.4. The average Bonchev–Trinajstić information content (AvgIpc) is 2.46. The second kappa shape index (κ2) is 5.58. The maximum absolute atomic E-state index is 14.1. The summed E-state index contributed by atoms with van der Waals surface area (Å²) in [6, 6.07) is 7.39. The monoisotopic (exact) mass is 291 g/mol. The van der Waals surface area contributed by atoms with Gasteiger partial charge in [-0.15, -0.1) is 0 Å². The number of nitrogens with zero attached hydrogens (tertiary/aromatic N) is 1. The molecule has 6 nitrogen and oxygen atoms in total. The highest BCUT2D eigenvalue weighted by Crippen LogP contribution is 2.40. The van der Waals surface area contributed by atoms with Gasteiger partial charge in [0, 0.05) is 6.07 Å². The van der Waals surface area contributed by atoms with Crippen molar-refractivity contribution in [3.8, 4) is 16.9 Å². The Morgan fingerprint density at radius 2 is 1.90 bits per heavy atom. The molecule has 21 heavy (non-hydrogen) atoms. The van der Waals surface area contributed by atoms with Crippen LogP contribution in [0.25, 0.3) is 11.1 Å². The quantitative estimate of drug-likeness (QED) is 0.690. The minimum absolute atomic E-state index is 0.0202. The number of ether oxygens (including phenoxy) is 1. The molecule has 0 radical (unpaired) electrons. The zero-order valence-corrected chi connectivity index (χ0v) is 10.9. The zero-order valence-electron chi connectivity index (χ0n) is 10.9. The zero-order chi connectivity index (χ0) is 15.6. The van der Waals surface area contributed by atoms with Gasteiger partial charge in [-0.2, -0.15) is 0 Å². The van der Waals surface area contributed by atoms with Crippen LogP contribution in [0.2, 0.25) is 0 Å². The van der Waals surface area contributed by atoms with Crippen LogP contribution < -0.4 is 4.74 Å². The lowest BCUT2D eigenvalue weighted by Gasteiger charge is -2.12. The lowest BCUT2D eigenvalue weighted by Crippen LogP contribution is -2.05. The summed E-state index contributed by atoms with van der Waals surface area (Å²) in [5.41, 5.74) is -1.43. The third kappa shape index (κ3) is 2.53. The highest BCUT2D eigenvalue weighted by atomic mass is 19.1. The van der Waals surface area contributed by atoms with E-state index in [4.69, 9.17) is 4.74 Å². The number of halogens is 1. The highest BCUT2D eigenvalue weighted by molar-refractivity contribution is 6.00. The molecule has 0 aliphatic carbocycles. The fourth-order valence-electron chi connectivity index (χ4n) is 2.05. The van der Waals surface area contributed by atoms with Crippen LogP contribution in [0.5, 0.6) is 5.75 Å². The third-order valence-electron chi connectivity index (χ3n) is 2.91. The lowest BCUT2D eigenvalue weighted by molar-refractivity contribution is -0.384. The molecule has 0 aliphatic heterocycles. The van der Waals surface area contributed by atoms with Gasteiger partial charge in [0.15, 0.2) is 0 Å². The summed E-state index contributed by atoms with van der Waals surface area (Å²) in [6.07, 6.45) is 0. The van der Waals surface area contributed by atoms with Gasteiger partial charge in [0.1, 0.15) is 11.6 Å². The normalized spacial score (nSPS) is 10.2. The van der Waals surface area contributed by atoms with Gasteiger partial charge in [0.05, 0.1) is 28.7 Å². The fraction of sp³-hybridized carbons (Fsp3) is 0.0714. The van der Waals surface area contributed by atoms with Gasteiger partial charge in [-0.3, -0.25) is 10.1 Å². The number of carbonyl (C=O) groups is 1. The molecule has 1 N–H and O–H groups in total. The molecule has 108 valence electrons. The van der Waals surface area contributed by atoms with Crippen LogP contribution in [0.15, 0.2) is 36.4 Å². The van der Waals surface area contributed by atoms with E-state index in [9.17, 15) is 24.4 Å². The van der Waals surface area contributed by atoms with Crippen molar-refractivity contribution in [2.24, 2.45) is 0 Å². The van der Waals surface area contributed by atoms with Gasteiger partial charge in [0.25, 0.3) is 5.69 Å². The van der Waals surface area contributed by atoms with Crippen LogP contribution in [-0.2, 0) is 0 Å². The molecule has 7 heteroatoms. The second-order valence-corrected chi connectivity index (χ2v) is 4.08. The minimum atomic E-state index is -1.39. The van der Waals surface area contributed by atoms with E-state index in [2.05, 4.69) is 0 Å². The van der Waals surface area contributed by atoms with E-state index in [1.54, 1.807) is 0 Å². The van der Waals surface area contributed by atoms with Crippen molar-refractivity contribution < 1.29 is 24.0 Å². The summed E-state index contributed by atoms with van der Waals surface area (Å²) in [4.78, 5) is 21.7. The number of aromatic carboxylic acids is 1. The number of nitro benzene ring substituents is 1. The summed E-state index contributed by atoms with van der Waals surface area (Å²) in [5, 5.41) is 20.3. The van der Waals surface area contributed by atoms with E-state index in [0.29, 0.717) is 0 Å². The molecular formula is C14H10FNO5. The van der Waals surface area contributed by atoms with Gasteiger partial charge in [-0.25, -0.2) is 9.18 Å². The Morgan fingerprint density at radius 1 is 1.24 bits per heavy atom. The van der Waals surface area contributed by atoms with Gasteiger partial charge in [-0.05, 0) is 18.2 Å². The van der Waals surface area contributed by atoms with Crippen molar-refractivity contribution in [1.29, 1.82) is 0 Å². The Hall–Kier alpha value is -2.96. The van der Waals surface area contributed by atoms with Crippen LogP contribution in [-0.4, -0.2) is 23.1 Å². The first-order valence-corrected chi connectivity index (χ1v) is 5.81. The van der Waals surface area contributed by atoms with Crippen LogP contribution in [0.1, 0.15) is 10.4 Å². The average molecular weight is 291 g/mol. The number of rotatable bonds is 4. The van der Waals surface area contributed by atoms with E-state index in [0.717, 1.165) is 12.1 Å². The predicted molar refractivity (Wildman–Crippen MR) is 72.0 cm³/mol. The van der Waals surface area contributed by atoms with Crippen molar-refractivity contribution in [2.45, 2.75) is 0 Å². The smallest absolute Gasteiger partial charge is 0.336 e. The van der Waals surface area contributed by atoms with E-state index in [1.807, 2.05) is 0 Å². The summed E-state index contributed by atoms with van der Waals surface area (Å²) in [6.45, 7) is 0. The molecule has 0 unspecified atom stereocenters. The van der Waals surface area contributed by atoms with Gasteiger partial charge in [-0.1, -0.05) is 12.1 Å². The van der Waals surface area contributed by atoms with Crippen molar-refractivity contribution in [1.82, 2.24) is 0 Å². The Labute approximate surface area is 118 Å². The molecular weight excluding hydrogens is 281 g/mol. The number of nitro groups is 1. The van der Waals surface area contributed by atoms with Gasteiger partial charge < -0.3 is 9.84 Å². The predicted octanol–water partition coefficient (Wildman–Crippen LogP) is 3.11. The van der Waals surface area contributed by atoms with E-state index in [1.165, 1.54) is 31.4 Å². The number of benzene rings is 2. The van der Waals surface area contributed by atoms with E-state index in [-0.39, 0.29) is 22.4 Å². The van der Waals surface area contributed by atoms with Crippen LogP contribution in [0.4, 0.5) is 10.1 Å². The summed E-state index contributed by atoms with van der Waals surface area (Å²) < 4.78 is 19.1. The fourth-order valence-corrected chi connectivity index (χ4v) is 2.05. The maximum Gasteiger partial charge on any atom is 0.336 e. The highest BCUT2D eigenvalue weighted by Gasteiger charge is 2.27. The van der Waals surface area contributed by atoms with E-state index >= 15 is 0 Å². The van der Waals surface area contributed by atoms with Crippen molar-refractivity contribution >= 4 is 11.7 Å². The first-order valence-electron chi connectivity index (χ1n) is 5.81. The molecule has 2 aromatic rings. The molecule has 0 saturated carbocycles. The molecule has 0 aromatic heterocycles. The summed E-state index contributed by atoms with van der Waals surface area (Å²) in [7, 11) is 1.27. The first-order chi connectivity index (χ1) is 9.97. The molecule has 0 heterocycles. The molecule has 0 aliphatic rings. The Kier molecular flexibility index (Phi) is 3.84. The second-order valence-electron chi connectivity index (χ2n) is 4.08. The maximum atomic E-state index is 14.1. The SMILES string of the molecule is COc1cccc(F)c1-c1c(C(=O)O)cccc1[N+](=O)[O-]. The number of methoxy groups -OCH3 is 1. The number of hydrogen-bond donors (Lipinski definition) is 1. The van der Waals surface area contributed by atoms with Crippen molar-refractivity contribution in [3.05, 3.63) is 57.9 Å². The van der Waals surface area contributed by atoms with Crippen LogP contribution in [0, 0.1) is 15.9 Å². The Bertz CT molecular complexity index is 697. The molecule has 0 bridgehead atoms. The lowest BCUT2D eigenvalue weighted by atomic mass is 9.96. The summed E-state index contributed by atoms with van der Waals surface area (Å²) in [5.74, 6) is -2.17. The molecule has 0 spiro atoms. The Balaban J connectivity index is 2.91. The molecule has 0 atom stereocenters. The molecule has 2 aromatic carbocycles. The minimum Gasteiger partial charge on any atom is -0.496 e. The molecule has 0 saturated heterocycles. The number of carboxylic acids is 1. The van der Waals surface area contributed by atoms with Crippen molar-refractivity contribution in [3.63, 3.8) is 0 Å². The molecule has 0 amide bonds. The third-order valence-corrected chi connectivity index (χ3v) is 2.91. The van der Waals surface area contributed by atoms with Gasteiger partial charge >= 0.3 is 5.97 Å². The van der Waals surface area contributed by atoms with Crippen LogP contribution >= 0.6 is 0 Å². The number of hydrogen-bond acceptors (Lipinski definition) is 4.